The van der Waals surface area contributed by atoms with Crippen LogP contribution in [0.25, 0.3) is 0 Å². The van der Waals surface area contributed by atoms with E-state index in [1.54, 1.807) is 31.2 Å². The normalized spacial score (nSPS) is 19.7. The van der Waals surface area contributed by atoms with Gasteiger partial charge in [0.25, 0.3) is 0 Å². The molecule has 0 saturated carbocycles. The molecule has 0 saturated heterocycles. The zero-order chi connectivity index (χ0) is 25.3. The van der Waals surface area contributed by atoms with Gasteiger partial charge in [0.15, 0.2) is 17.3 Å². The summed E-state index contributed by atoms with van der Waals surface area (Å²) >= 11 is 0. The third-order valence-corrected chi connectivity index (χ3v) is 6.59. The van der Waals surface area contributed by atoms with Crippen molar-refractivity contribution < 1.29 is 32.9 Å². The van der Waals surface area contributed by atoms with Gasteiger partial charge in [-0.2, -0.15) is 0 Å². The van der Waals surface area contributed by atoms with E-state index in [0.717, 1.165) is 11.3 Å². The van der Waals surface area contributed by atoms with Crippen LogP contribution in [0, 0.1) is 5.82 Å². The molecule has 7 nitrogen and oxygen atoms in total. The zero-order valence-electron chi connectivity index (χ0n) is 20.4. The third-order valence-electron chi connectivity index (χ3n) is 6.59. The minimum Gasteiger partial charge on any atom is -0.493 e. The molecule has 0 unspecified atom stereocenters. The van der Waals surface area contributed by atoms with Crippen LogP contribution in [0.3, 0.4) is 0 Å². The van der Waals surface area contributed by atoms with Crippen LogP contribution in [0.1, 0.15) is 42.7 Å². The quantitative estimate of drug-likeness (QED) is 0.613. The molecular formula is C27H28FNO6. The summed E-state index contributed by atoms with van der Waals surface area (Å²) in [4.78, 5) is 26.5. The van der Waals surface area contributed by atoms with Gasteiger partial charge < -0.3 is 24.3 Å². The van der Waals surface area contributed by atoms with E-state index in [-0.39, 0.29) is 23.9 Å². The van der Waals surface area contributed by atoms with Gasteiger partial charge in [-0.3, -0.25) is 4.79 Å². The minimum atomic E-state index is -0.686. The number of ether oxygens (including phenoxy) is 4. The summed E-state index contributed by atoms with van der Waals surface area (Å²) in [5, 5.41) is 3.28. The van der Waals surface area contributed by atoms with Gasteiger partial charge in [-0.1, -0.05) is 12.1 Å². The fourth-order valence-corrected chi connectivity index (χ4v) is 4.99. The number of nitrogens with one attached hydrogen (secondary N) is 1. The first kappa shape index (κ1) is 24.3. The molecule has 2 aromatic rings. The lowest BCUT2D eigenvalue weighted by Crippen LogP contribution is -2.36. The van der Waals surface area contributed by atoms with E-state index in [1.807, 2.05) is 0 Å². The summed E-state index contributed by atoms with van der Waals surface area (Å²) in [6.07, 6.45) is 0.778. The fourth-order valence-electron chi connectivity index (χ4n) is 4.99. The zero-order valence-corrected chi connectivity index (χ0v) is 20.4. The van der Waals surface area contributed by atoms with Crippen molar-refractivity contribution in [1.82, 2.24) is 5.32 Å². The molecule has 1 N–H and O–H groups in total. The first-order chi connectivity index (χ1) is 16.8. The van der Waals surface area contributed by atoms with Crippen molar-refractivity contribution in [1.29, 1.82) is 0 Å². The van der Waals surface area contributed by atoms with Crippen molar-refractivity contribution in [3.63, 3.8) is 0 Å². The van der Waals surface area contributed by atoms with Crippen molar-refractivity contribution in [2.75, 3.05) is 28.4 Å². The Kier molecular flexibility index (Phi) is 6.82. The van der Waals surface area contributed by atoms with E-state index < -0.39 is 11.9 Å². The summed E-state index contributed by atoms with van der Waals surface area (Å²) in [5.74, 6) is -0.510. The minimum absolute atomic E-state index is 0.0965. The second-order valence-electron chi connectivity index (χ2n) is 8.52. The highest BCUT2D eigenvalue weighted by Crippen LogP contribution is 2.49. The number of dihydropyridines is 1. The Morgan fingerprint density at radius 3 is 2.11 bits per heavy atom. The number of allylic oxidation sites excluding steroid dienone is 3. The molecule has 0 aromatic heterocycles. The lowest BCUT2D eigenvalue weighted by Gasteiger charge is -2.36. The van der Waals surface area contributed by atoms with Crippen molar-refractivity contribution in [2.24, 2.45) is 0 Å². The molecule has 1 aliphatic carbocycles. The molecule has 8 heteroatoms. The van der Waals surface area contributed by atoms with E-state index in [2.05, 4.69) is 5.32 Å². The van der Waals surface area contributed by atoms with Gasteiger partial charge in [-0.15, -0.1) is 0 Å². The molecule has 0 amide bonds. The lowest BCUT2D eigenvalue weighted by atomic mass is 9.71. The molecule has 0 bridgehead atoms. The Morgan fingerprint density at radius 2 is 1.57 bits per heavy atom. The molecule has 2 aromatic carbocycles. The largest absolute Gasteiger partial charge is 0.493 e. The summed E-state index contributed by atoms with van der Waals surface area (Å²) in [7, 11) is 5.84. The van der Waals surface area contributed by atoms with Crippen LogP contribution < -0.4 is 19.5 Å². The monoisotopic (exact) mass is 481 g/mol. The van der Waals surface area contributed by atoms with E-state index in [9.17, 15) is 14.0 Å². The predicted molar refractivity (Wildman–Crippen MR) is 127 cm³/mol. The number of hydrogen-bond acceptors (Lipinski definition) is 7. The number of rotatable bonds is 6. The molecular weight excluding hydrogens is 453 g/mol. The molecule has 35 heavy (non-hydrogen) atoms. The highest BCUT2D eigenvalue weighted by molar-refractivity contribution is 6.04. The van der Waals surface area contributed by atoms with Crippen molar-refractivity contribution >= 4 is 11.8 Å². The highest BCUT2D eigenvalue weighted by Gasteiger charge is 2.42. The third kappa shape index (κ3) is 4.36. The van der Waals surface area contributed by atoms with Crippen LogP contribution in [0.2, 0.25) is 0 Å². The van der Waals surface area contributed by atoms with Gasteiger partial charge >= 0.3 is 5.97 Å². The molecule has 4 rings (SSSR count). The van der Waals surface area contributed by atoms with Crippen molar-refractivity contribution in [3.8, 4) is 17.2 Å². The van der Waals surface area contributed by atoms with Crippen molar-refractivity contribution in [3.05, 3.63) is 75.9 Å². The number of hydrogen-bond donors (Lipinski definition) is 1. The van der Waals surface area contributed by atoms with Crippen LogP contribution in [-0.2, 0) is 14.3 Å². The Hall–Kier alpha value is -3.81. The highest BCUT2D eigenvalue weighted by atomic mass is 19.1. The maximum atomic E-state index is 13.6. The van der Waals surface area contributed by atoms with Crippen LogP contribution in [0.15, 0.2) is 58.9 Å². The summed E-state index contributed by atoms with van der Waals surface area (Å²) in [6, 6.07) is 9.71. The fraction of sp³-hybridized carbons (Fsp3) is 0.333. The molecule has 0 fully saturated rings. The second kappa shape index (κ2) is 9.82. The summed E-state index contributed by atoms with van der Waals surface area (Å²) < 4.78 is 35.0. The predicted octanol–water partition coefficient (Wildman–Crippen LogP) is 4.39. The Morgan fingerprint density at radius 1 is 0.943 bits per heavy atom. The number of esters is 1. The number of carbonyl (C=O) groups excluding carboxylic acids is 2. The molecule has 1 heterocycles. The molecule has 2 atom stereocenters. The summed E-state index contributed by atoms with van der Waals surface area (Å²) in [5.41, 5.74) is 3.71. The number of halogens is 1. The molecule has 2 aliphatic rings. The Balaban J connectivity index is 1.87. The first-order valence-corrected chi connectivity index (χ1v) is 11.2. The van der Waals surface area contributed by atoms with Crippen LogP contribution in [-0.4, -0.2) is 40.2 Å². The van der Waals surface area contributed by atoms with Gasteiger partial charge in [0.1, 0.15) is 5.82 Å². The Labute approximate surface area is 203 Å². The number of ketones is 1. The van der Waals surface area contributed by atoms with Crippen LogP contribution >= 0.6 is 0 Å². The van der Waals surface area contributed by atoms with Gasteiger partial charge in [-0.25, -0.2) is 9.18 Å². The van der Waals surface area contributed by atoms with Crippen molar-refractivity contribution in [2.45, 2.75) is 31.6 Å². The summed E-state index contributed by atoms with van der Waals surface area (Å²) in [6.45, 7) is 1.78. The SMILES string of the molecule is COC(=O)C1=C(C)NC2=C(C(=O)C[C@@H](c3ccc(F)cc3)C2)[C@@H]1c1cc(OC)c(OC)c(OC)c1. The average Bonchev–Trinajstić information content (AvgIpc) is 2.86. The molecule has 0 radical (unpaired) electrons. The van der Waals surface area contributed by atoms with Crippen LogP contribution in [0.5, 0.6) is 17.2 Å². The molecule has 1 aliphatic heterocycles. The first-order valence-electron chi connectivity index (χ1n) is 11.2. The van der Waals surface area contributed by atoms with Gasteiger partial charge in [-0.05, 0) is 54.7 Å². The topological polar surface area (TPSA) is 83.1 Å². The van der Waals surface area contributed by atoms with E-state index in [0.29, 0.717) is 46.1 Å². The number of carbonyl (C=O) groups is 2. The van der Waals surface area contributed by atoms with Crippen LogP contribution in [0.4, 0.5) is 4.39 Å². The van der Waals surface area contributed by atoms with E-state index in [1.165, 1.54) is 40.6 Å². The number of methoxy groups -OCH3 is 4. The van der Waals surface area contributed by atoms with E-state index in [4.69, 9.17) is 18.9 Å². The molecule has 184 valence electrons. The maximum Gasteiger partial charge on any atom is 0.336 e. The van der Waals surface area contributed by atoms with E-state index >= 15 is 0 Å². The second-order valence-corrected chi connectivity index (χ2v) is 8.52. The standard InChI is InChI=1S/C27H28FNO6/c1-14-23(27(31)35-5)24(17-12-21(32-2)26(34-4)22(13-17)33-3)25-19(29-14)10-16(11-20(25)30)15-6-8-18(28)9-7-15/h6-9,12-13,16,24,29H,10-11H2,1-5H3/t16-,24+/m0/s1. The average molecular weight is 482 g/mol. The number of benzene rings is 2. The number of Topliss-reactive ketones (excluding diaryl/α,β-unsaturated/α-hetero) is 1. The van der Waals surface area contributed by atoms with Gasteiger partial charge in [0.2, 0.25) is 5.75 Å². The van der Waals surface area contributed by atoms with Gasteiger partial charge in [0, 0.05) is 29.3 Å². The lowest BCUT2D eigenvalue weighted by molar-refractivity contribution is -0.136. The smallest absolute Gasteiger partial charge is 0.336 e. The Bertz CT molecular complexity index is 1210. The van der Waals surface area contributed by atoms with Gasteiger partial charge in [0.05, 0.1) is 34.0 Å². The maximum absolute atomic E-state index is 13.6. The molecule has 0 spiro atoms.